The van der Waals surface area contributed by atoms with E-state index in [0.717, 1.165) is 11.5 Å². The Morgan fingerprint density at radius 3 is 2.77 bits per heavy atom. The number of aliphatic hydroxyl groups is 1. The number of benzene rings is 1. The summed E-state index contributed by atoms with van der Waals surface area (Å²) >= 11 is 0. The predicted octanol–water partition coefficient (Wildman–Crippen LogP) is 4.15. The number of nitrogens with zero attached hydrogens (tertiary/aromatic N) is 3. The van der Waals surface area contributed by atoms with E-state index in [4.69, 9.17) is 4.74 Å². The zero-order chi connectivity index (χ0) is 21.6. The lowest BCUT2D eigenvalue weighted by Gasteiger charge is -2.33. The molecule has 3 aromatic rings. The average Bonchev–Trinajstić information content (AvgIpc) is 2.97. The van der Waals surface area contributed by atoms with Crippen LogP contribution < -0.4 is 0 Å². The molecule has 1 N–H and O–H groups in total. The lowest BCUT2D eigenvalue weighted by atomic mass is 10.0. The molecule has 1 atom stereocenters. The maximum atomic E-state index is 14.3. The largest absolute Gasteiger partial charge is 0.444 e. The molecule has 0 spiro atoms. The second-order valence-electron chi connectivity index (χ2n) is 8.43. The van der Waals surface area contributed by atoms with Crippen LogP contribution in [-0.4, -0.2) is 37.8 Å². The van der Waals surface area contributed by atoms with Crippen LogP contribution in [0.15, 0.2) is 36.5 Å². The molecule has 1 aliphatic rings. The first-order valence-electron chi connectivity index (χ1n) is 9.70. The zero-order valence-corrected chi connectivity index (χ0v) is 17.0. The molecule has 1 unspecified atom stereocenters. The minimum Gasteiger partial charge on any atom is -0.444 e. The standard InChI is InChI=1S/C22H23F2N3O3/c1-22(2,3)30-21(29)26-11-17-19(18(28)12-26)15-5-4-8-25-20(15)27(17)10-13-6-7-14(23)9-16(13)24/h4-9,18,28H,10-12H2,1-3H3. The van der Waals surface area contributed by atoms with Crippen molar-refractivity contribution in [2.45, 2.75) is 45.6 Å². The molecule has 1 aromatic carbocycles. The molecule has 2 aromatic heterocycles. The van der Waals surface area contributed by atoms with Crippen molar-refractivity contribution in [1.29, 1.82) is 0 Å². The van der Waals surface area contributed by atoms with Gasteiger partial charge in [-0.25, -0.2) is 18.6 Å². The van der Waals surface area contributed by atoms with Crippen LogP contribution in [0.4, 0.5) is 13.6 Å². The highest BCUT2D eigenvalue weighted by Gasteiger charge is 2.34. The monoisotopic (exact) mass is 415 g/mol. The second-order valence-corrected chi connectivity index (χ2v) is 8.43. The minimum absolute atomic E-state index is 0.0842. The van der Waals surface area contributed by atoms with Gasteiger partial charge in [-0.3, -0.25) is 4.90 Å². The third kappa shape index (κ3) is 3.75. The average molecular weight is 415 g/mol. The highest BCUT2D eigenvalue weighted by atomic mass is 19.1. The number of amides is 1. The van der Waals surface area contributed by atoms with Gasteiger partial charge in [0.15, 0.2) is 0 Å². The first kappa shape index (κ1) is 20.3. The molecule has 6 nitrogen and oxygen atoms in total. The molecule has 1 amide bonds. The number of aromatic nitrogens is 2. The summed E-state index contributed by atoms with van der Waals surface area (Å²) in [4.78, 5) is 18.5. The number of carbonyl (C=O) groups excluding carboxylic acids is 1. The number of pyridine rings is 1. The van der Waals surface area contributed by atoms with E-state index in [1.807, 2.05) is 6.07 Å². The lowest BCUT2D eigenvalue weighted by Crippen LogP contribution is -2.42. The van der Waals surface area contributed by atoms with E-state index < -0.39 is 29.4 Å². The molecule has 8 heteroatoms. The molecule has 158 valence electrons. The Hall–Kier alpha value is -3.00. The van der Waals surface area contributed by atoms with E-state index in [-0.39, 0.29) is 25.2 Å². The van der Waals surface area contributed by atoms with E-state index in [1.54, 1.807) is 37.6 Å². The van der Waals surface area contributed by atoms with Crippen LogP contribution in [-0.2, 0) is 17.8 Å². The van der Waals surface area contributed by atoms with Crippen molar-refractivity contribution in [3.8, 4) is 0 Å². The molecule has 30 heavy (non-hydrogen) atoms. The van der Waals surface area contributed by atoms with Crippen LogP contribution in [0.25, 0.3) is 11.0 Å². The molecule has 0 fully saturated rings. The summed E-state index contributed by atoms with van der Waals surface area (Å²) in [5, 5.41) is 11.6. The lowest BCUT2D eigenvalue weighted by molar-refractivity contribution is 0.00777. The Labute approximate surface area is 172 Å². The van der Waals surface area contributed by atoms with Gasteiger partial charge in [0, 0.05) is 34.5 Å². The molecule has 0 radical (unpaired) electrons. The van der Waals surface area contributed by atoms with Gasteiger partial charge in [0.25, 0.3) is 0 Å². The van der Waals surface area contributed by atoms with E-state index >= 15 is 0 Å². The van der Waals surface area contributed by atoms with Crippen molar-refractivity contribution < 1.29 is 23.4 Å². The number of aliphatic hydroxyl groups excluding tert-OH is 1. The third-order valence-electron chi connectivity index (χ3n) is 5.03. The molecule has 4 rings (SSSR count). The first-order valence-corrected chi connectivity index (χ1v) is 9.70. The van der Waals surface area contributed by atoms with Crippen LogP contribution in [0.3, 0.4) is 0 Å². The number of carbonyl (C=O) groups is 1. The van der Waals surface area contributed by atoms with Crippen molar-refractivity contribution in [2.75, 3.05) is 6.54 Å². The van der Waals surface area contributed by atoms with Gasteiger partial charge in [-0.15, -0.1) is 0 Å². The molecule has 0 saturated carbocycles. The van der Waals surface area contributed by atoms with Crippen molar-refractivity contribution in [1.82, 2.24) is 14.5 Å². The first-order chi connectivity index (χ1) is 14.1. The summed E-state index contributed by atoms with van der Waals surface area (Å²) in [7, 11) is 0. The van der Waals surface area contributed by atoms with E-state index in [1.165, 1.54) is 17.0 Å². The van der Waals surface area contributed by atoms with Gasteiger partial charge < -0.3 is 14.4 Å². The molecule has 0 bridgehead atoms. The number of fused-ring (bicyclic) bond motifs is 3. The fourth-order valence-electron chi connectivity index (χ4n) is 3.79. The topological polar surface area (TPSA) is 67.6 Å². The summed E-state index contributed by atoms with van der Waals surface area (Å²) in [6.45, 7) is 5.67. The summed E-state index contributed by atoms with van der Waals surface area (Å²) in [5.74, 6) is -1.32. The van der Waals surface area contributed by atoms with Crippen LogP contribution in [0, 0.1) is 11.6 Å². The maximum Gasteiger partial charge on any atom is 0.410 e. The second kappa shape index (κ2) is 7.36. The molecular weight excluding hydrogens is 392 g/mol. The third-order valence-corrected chi connectivity index (χ3v) is 5.03. The van der Waals surface area contributed by atoms with E-state index in [9.17, 15) is 18.7 Å². The van der Waals surface area contributed by atoms with Crippen LogP contribution in [0.1, 0.15) is 43.7 Å². The molecular formula is C22H23F2N3O3. The maximum absolute atomic E-state index is 14.3. The molecule has 0 aliphatic carbocycles. The van der Waals surface area contributed by atoms with Crippen LogP contribution in [0.5, 0.6) is 0 Å². The fourth-order valence-corrected chi connectivity index (χ4v) is 3.79. The molecule has 0 saturated heterocycles. The van der Waals surface area contributed by atoms with Gasteiger partial charge in [-0.1, -0.05) is 6.07 Å². The van der Waals surface area contributed by atoms with E-state index in [2.05, 4.69) is 4.98 Å². The van der Waals surface area contributed by atoms with E-state index in [0.29, 0.717) is 16.9 Å². The smallest absolute Gasteiger partial charge is 0.410 e. The van der Waals surface area contributed by atoms with Crippen molar-refractivity contribution in [3.05, 3.63) is 65.0 Å². The summed E-state index contributed by atoms with van der Waals surface area (Å²) in [5.41, 5.74) is 1.49. The quantitative estimate of drug-likeness (QED) is 0.683. The van der Waals surface area contributed by atoms with Crippen molar-refractivity contribution in [3.63, 3.8) is 0 Å². The normalized spacial score (nSPS) is 16.6. The zero-order valence-electron chi connectivity index (χ0n) is 17.0. The highest BCUT2D eigenvalue weighted by Crippen LogP contribution is 2.36. The van der Waals surface area contributed by atoms with Gasteiger partial charge in [-0.05, 0) is 39.0 Å². The molecule has 3 heterocycles. The number of β-amino-alcohol motifs (C(OH)–C–C–N with tert-alkyl or cyclic N) is 1. The predicted molar refractivity (Wildman–Crippen MR) is 107 cm³/mol. The highest BCUT2D eigenvalue weighted by molar-refractivity contribution is 5.83. The number of ether oxygens (including phenoxy) is 1. The SMILES string of the molecule is CC(C)(C)OC(=O)N1Cc2c(c3cccnc3n2Cc2ccc(F)cc2F)C(O)C1. The molecule has 1 aliphatic heterocycles. The van der Waals surface area contributed by atoms with Crippen molar-refractivity contribution in [2.24, 2.45) is 0 Å². The van der Waals surface area contributed by atoms with Gasteiger partial charge in [-0.2, -0.15) is 0 Å². The number of halogens is 2. The Balaban J connectivity index is 1.78. The number of rotatable bonds is 2. The Kier molecular flexibility index (Phi) is 4.97. The van der Waals surface area contributed by atoms with Gasteiger partial charge in [0.1, 0.15) is 22.9 Å². The Morgan fingerprint density at radius 2 is 2.07 bits per heavy atom. The van der Waals surface area contributed by atoms with Gasteiger partial charge >= 0.3 is 6.09 Å². The minimum atomic E-state index is -0.938. The Morgan fingerprint density at radius 1 is 1.30 bits per heavy atom. The number of hydrogen-bond donors (Lipinski definition) is 1. The van der Waals surface area contributed by atoms with Gasteiger partial charge in [0.05, 0.1) is 25.7 Å². The fraction of sp³-hybridized carbons (Fsp3) is 0.364. The van der Waals surface area contributed by atoms with Gasteiger partial charge in [0.2, 0.25) is 0 Å². The van der Waals surface area contributed by atoms with Crippen LogP contribution >= 0.6 is 0 Å². The van der Waals surface area contributed by atoms with Crippen LogP contribution in [0.2, 0.25) is 0 Å². The van der Waals surface area contributed by atoms with Crippen molar-refractivity contribution >= 4 is 17.1 Å². The summed E-state index contributed by atoms with van der Waals surface area (Å²) in [6.07, 6.45) is 0.140. The summed E-state index contributed by atoms with van der Waals surface area (Å²) < 4.78 is 34.9. The summed E-state index contributed by atoms with van der Waals surface area (Å²) in [6, 6.07) is 7.02. The Bertz CT molecular complexity index is 1120. The number of hydrogen-bond acceptors (Lipinski definition) is 4.